The minimum atomic E-state index is -3.69. The van der Waals surface area contributed by atoms with Crippen molar-refractivity contribution < 1.29 is 13.2 Å². The number of hydrogen-bond donors (Lipinski definition) is 1. The van der Waals surface area contributed by atoms with Gasteiger partial charge in [0.2, 0.25) is 15.9 Å². The van der Waals surface area contributed by atoms with Crippen molar-refractivity contribution in [3.63, 3.8) is 0 Å². The fraction of sp³-hybridized carbons (Fsp3) is 0.500. The monoisotopic (exact) mass is 332 g/mol. The first-order valence-electron chi connectivity index (χ1n) is 6.86. The predicted molar refractivity (Wildman–Crippen MR) is 83.8 cm³/mol. The molecule has 0 aromatic heterocycles. The van der Waals surface area contributed by atoms with Crippen molar-refractivity contribution in [1.82, 2.24) is 9.62 Å². The van der Waals surface area contributed by atoms with Crippen LogP contribution in [0.25, 0.3) is 0 Å². The van der Waals surface area contributed by atoms with E-state index in [2.05, 4.69) is 5.32 Å². The standard InChI is InChI=1S/C14H21ClN2O3S/c1-4-11(3)16-14(18)10-17(5-2)21(19,20)13-8-6-12(15)7-9-13/h6-9,11H,4-5,10H2,1-3H3,(H,16,18). The molecule has 0 heterocycles. The molecule has 118 valence electrons. The van der Waals surface area contributed by atoms with E-state index in [4.69, 9.17) is 11.6 Å². The molecule has 1 aromatic carbocycles. The van der Waals surface area contributed by atoms with Gasteiger partial charge < -0.3 is 5.32 Å². The second-order valence-electron chi connectivity index (χ2n) is 4.76. The number of nitrogens with zero attached hydrogens (tertiary/aromatic N) is 1. The molecule has 0 spiro atoms. The molecule has 0 saturated carbocycles. The van der Waals surface area contributed by atoms with E-state index in [1.54, 1.807) is 6.92 Å². The quantitative estimate of drug-likeness (QED) is 0.833. The van der Waals surface area contributed by atoms with E-state index in [-0.39, 0.29) is 29.9 Å². The molecule has 0 aliphatic heterocycles. The van der Waals surface area contributed by atoms with Gasteiger partial charge >= 0.3 is 0 Å². The summed E-state index contributed by atoms with van der Waals surface area (Å²) in [6.45, 7) is 5.56. The Morgan fingerprint density at radius 3 is 2.33 bits per heavy atom. The van der Waals surface area contributed by atoms with Crippen LogP contribution in [0.5, 0.6) is 0 Å². The molecule has 1 atom stereocenters. The van der Waals surface area contributed by atoms with Gasteiger partial charge in [-0.2, -0.15) is 4.31 Å². The van der Waals surface area contributed by atoms with Crippen LogP contribution in [0.15, 0.2) is 29.2 Å². The maximum atomic E-state index is 12.5. The smallest absolute Gasteiger partial charge is 0.243 e. The van der Waals surface area contributed by atoms with Crippen LogP contribution in [0.4, 0.5) is 0 Å². The molecule has 1 amide bonds. The Morgan fingerprint density at radius 1 is 1.29 bits per heavy atom. The Bertz CT molecular complexity index is 572. The van der Waals surface area contributed by atoms with E-state index >= 15 is 0 Å². The third kappa shape index (κ3) is 4.98. The lowest BCUT2D eigenvalue weighted by Gasteiger charge is -2.21. The second kappa shape index (κ2) is 7.77. The number of hydrogen-bond acceptors (Lipinski definition) is 3. The van der Waals surface area contributed by atoms with Crippen molar-refractivity contribution in [1.29, 1.82) is 0 Å². The predicted octanol–water partition coefficient (Wildman–Crippen LogP) is 2.27. The van der Waals surface area contributed by atoms with E-state index in [1.807, 2.05) is 13.8 Å². The van der Waals surface area contributed by atoms with Crippen molar-refractivity contribution in [2.24, 2.45) is 0 Å². The molecular formula is C14H21ClN2O3S. The van der Waals surface area contributed by atoms with Gasteiger partial charge in [-0.25, -0.2) is 8.42 Å². The van der Waals surface area contributed by atoms with Gasteiger partial charge in [0.15, 0.2) is 0 Å². The summed E-state index contributed by atoms with van der Waals surface area (Å²) in [5.74, 6) is -0.302. The number of sulfonamides is 1. The van der Waals surface area contributed by atoms with Gasteiger partial charge in [-0.1, -0.05) is 25.4 Å². The molecule has 1 rings (SSSR count). The van der Waals surface area contributed by atoms with E-state index in [9.17, 15) is 13.2 Å². The zero-order chi connectivity index (χ0) is 16.0. The van der Waals surface area contributed by atoms with Crippen LogP contribution in [0.3, 0.4) is 0 Å². The van der Waals surface area contributed by atoms with Gasteiger partial charge in [-0.15, -0.1) is 0 Å². The van der Waals surface area contributed by atoms with Crippen molar-refractivity contribution in [2.75, 3.05) is 13.1 Å². The first kappa shape index (κ1) is 17.9. The highest BCUT2D eigenvalue weighted by molar-refractivity contribution is 7.89. The van der Waals surface area contributed by atoms with Crippen LogP contribution < -0.4 is 5.32 Å². The highest BCUT2D eigenvalue weighted by Crippen LogP contribution is 2.18. The lowest BCUT2D eigenvalue weighted by Crippen LogP contribution is -2.43. The van der Waals surface area contributed by atoms with Crippen LogP contribution in [-0.2, 0) is 14.8 Å². The Morgan fingerprint density at radius 2 is 1.86 bits per heavy atom. The van der Waals surface area contributed by atoms with Crippen LogP contribution in [0, 0.1) is 0 Å². The average Bonchev–Trinajstić information content (AvgIpc) is 2.44. The minimum Gasteiger partial charge on any atom is -0.353 e. The van der Waals surface area contributed by atoms with Crippen molar-refractivity contribution in [3.8, 4) is 0 Å². The molecule has 0 aliphatic carbocycles. The summed E-state index contributed by atoms with van der Waals surface area (Å²) in [7, 11) is -3.69. The van der Waals surface area contributed by atoms with Crippen molar-refractivity contribution in [3.05, 3.63) is 29.3 Å². The number of halogens is 1. The number of carbonyl (C=O) groups is 1. The molecule has 0 aliphatic rings. The van der Waals surface area contributed by atoms with Gasteiger partial charge in [0.05, 0.1) is 11.4 Å². The molecule has 7 heteroatoms. The number of likely N-dealkylation sites (N-methyl/N-ethyl adjacent to an activating group) is 1. The SMILES string of the molecule is CCC(C)NC(=O)CN(CC)S(=O)(=O)c1ccc(Cl)cc1. The fourth-order valence-corrected chi connectivity index (χ4v) is 3.24. The average molecular weight is 333 g/mol. The van der Waals surface area contributed by atoms with E-state index < -0.39 is 10.0 Å². The zero-order valence-electron chi connectivity index (χ0n) is 12.5. The first-order valence-corrected chi connectivity index (χ1v) is 8.68. The number of nitrogens with one attached hydrogen (secondary N) is 1. The van der Waals surface area contributed by atoms with Crippen molar-refractivity contribution >= 4 is 27.5 Å². The molecule has 5 nitrogen and oxygen atoms in total. The topological polar surface area (TPSA) is 66.5 Å². The Kier molecular flexibility index (Phi) is 6.64. The molecular weight excluding hydrogens is 312 g/mol. The summed E-state index contributed by atoms with van der Waals surface area (Å²) in [4.78, 5) is 12.0. The summed E-state index contributed by atoms with van der Waals surface area (Å²) < 4.78 is 26.1. The summed E-state index contributed by atoms with van der Waals surface area (Å²) in [6, 6.07) is 5.93. The highest BCUT2D eigenvalue weighted by atomic mass is 35.5. The minimum absolute atomic E-state index is 0.0226. The number of carbonyl (C=O) groups excluding carboxylic acids is 1. The molecule has 0 saturated heterocycles. The Balaban J connectivity index is 2.88. The van der Waals surface area contributed by atoms with Gasteiger partial charge in [-0.3, -0.25) is 4.79 Å². The highest BCUT2D eigenvalue weighted by Gasteiger charge is 2.25. The fourth-order valence-electron chi connectivity index (χ4n) is 1.71. The van der Waals surface area contributed by atoms with E-state index in [0.717, 1.165) is 10.7 Å². The molecule has 1 unspecified atom stereocenters. The third-order valence-electron chi connectivity index (χ3n) is 3.14. The molecule has 0 bridgehead atoms. The van der Waals surface area contributed by atoms with E-state index in [1.165, 1.54) is 24.3 Å². The Labute approximate surface area is 131 Å². The molecule has 0 fully saturated rings. The lowest BCUT2D eigenvalue weighted by molar-refractivity contribution is -0.121. The maximum Gasteiger partial charge on any atom is 0.243 e. The Hall–Kier alpha value is -1.11. The lowest BCUT2D eigenvalue weighted by atomic mass is 10.2. The summed E-state index contributed by atoms with van der Waals surface area (Å²) in [5.41, 5.74) is 0. The van der Waals surface area contributed by atoms with Crippen LogP contribution in [0.2, 0.25) is 5.02 Å². The molecule has 1 N–H and O–H groups in total. The van der Waals surface area contributed by atoms with Crippen LogP contribution >= 0.6 is 11.6 Å². The number of amides is 1. The second-order valence-corrected chi connectivity index (χ2v) is 7.14. The molecule has 0 radical (unpaired) electrons. The number of benzene rings is 1. The van der Waals surface area contributed by atoms with Gasteiger partial charge in [0.25, 0.3) is 0 Å². The van der Waals surface area contributed by atoms with Crippen molar-refractivity contribution in [2.45, 2.75) is 38.1 Å². The third-order valence-corrected chi connectivity index (χ3v) is 5.33. The normalized spacial score (nSPS) is 13.2. The van der Waals surface area contributed by atoms with Gasteiger partial charge in [0, 0.05) is 17.6 Å². The summed E-state index contributed by atoms with van der Waals surface area (Å²) in [6.07, 6.45) is 0.793. The maximum absolute atomic E-state index is 12.5. The largest absolute Gasteiger partial charge is 0.353 e. The summed E-state index contributed by atoms with van der Waals surface area (Å²) in [5, 5.41) is 3.23. The van der Waals surface area contributed by atoms with Crippen LogP contribution in [-0.4, -0.2) is 37.8 Å². The van der Waals surface area contributed by atoms with Gasteiger partial charge in [-0.05, 0) is 37.6 Å². The molecule has 21 heavy (non-hydrogen) atoms. The van der Waals surface area contributed by atoms with Crippen LogP contribution in [0.1, 0.15) is 27.2 Å². The molecule has 1 aromatic rings. The first-order chi connectivity index (χ1) is 9.81. The van der Waals surface area contributed by atoms with E-state index in [0.29, 0.717) is 5.02 Å². The summed E-state index contributed by atoms with van der Waals surface area (Å²) >= 11 is 5.76. The number of rotatable bonds is 7. The zero-order valence-corrected chi connectivity index (χ0v) is 14.0. The van der Waals surface area contributed by atoms with Gasteiger partial charge in [0.1, 0.15) is 0 Å².